The first-order valence-corrected chi connectivity index (χ1v) is 8.48. The van der Waals surface area contributed by atoms with Gasteiger partial charge in [-0.25, -0.2) is 4.79 Å². The molecule has 2 rings (SSSR count). The first-order valence-electron chi connectivity index (χ1n) is 7.84. The van der Waals surface area contributed by atoms with Crippen molar-refractivity contribution in [3.05, 3.63) is 71.8 Å². The number of aliphatic carboxylic acids is 1. The van der Waals surface area contributed by atoms with Crippen LogP contribution in [0, 0.1) is 5.92 Å². The second-order valence-electron chi connectivity index (χ2n) is 5.59. The summed E-state index contributed by atoms with van der Waals surface area (Å²) >= 11 is 4.25. The van der Waals surface area contributed by atoms with E-state index >= 15 is 0 Å². The highest BCUT2D eigenvalue weighted by atomic mass is 32.1. The Kier molecular flexibility index (Phi) is 6.88. The summed E-state index contributed by atoms with van der Waals surface area (Å²) in [6.07, 6.45) is 1.38. The number of nitrogens with one attached hydrogen (secondary N) is 1. The molecule has 0 fully saturated rings. The molecule has 1 amide bonds. The smallest absolute Gasteiger partial charge is 0.330 e. The van der Waals surface area contributed by atoms with Gasteiger partial charge in [-0.1, -0.05) is 60.7 Å². The van der Waals surface area contributed by atoms with Gasteiger partial charge in [0.25, 0.3) is 0 Å². The second-order valence-corrected chi connectivity index (χ2v) is 5.96. The van der Waals surface area contributed by atoms with E-state index in [1.54, 1.807) is 30.3 Å². The van der Waals surface area contributed by atoms with Crippen LogP contribution in [-0.2, 0) is 16.0 Å². The molecule has 2 aromatic carbocycles. The Hall–Kier alpha value is -2.27. The molecule has 2 atom stereocenters. The third-order valence-electron chi connectivity index (χ3n) is 3.88. The predicted octanol–water partition coefficient (Wildman–Crippen LogP) is 3.11. The minimum atomic E-state index is -1.07. The lowest BCUT2D eigenvalue weighted by atomic mass is 9.99. The molecule has 0 heterocycles. The summed E-state index contributed by atoms with van der Waals surface area (Å²) in [5.41, 5.74) is 1.70. The zero-order valence-electron chi connectivity index (χ0n) is 13.3. The fourth-order valence-electron chi connectivity index (χ4n) is 2.48. The highest BCUT2D eigenvalue weighted by Crippen LogP contribution is 2.17. The normalized spacial score (nSPS) is 13.0. The Labute approximate surface area is 147 Å². The maximum absolute atomic E-state index is 12.5. The number of hydrogen-bond donors (Lipinski definition) is 3. The molecule has 0 unspecified atom stereocenters. The standard InChI is InChI=1S/C19H21NO3S/c21-18(16(13-24)12-11-14-7-3-1-4-8-14)20-17(19(22)23)15-9-5-2-6-10-15/h1-10,16-17,24H,11-13H2,(H,20,21)(H,22,23)/t16-,17+/m0/s1. The van der Waals surface area contributed by atoms with Gasteiger partial charge in [-0.15, -0.1) is 0 Å². The molecule has 0 saturated heterocycles. The van der Waals surface area contributed by atoms with Gasteiger partial charge in [-0.05, 0) is 24.0 Å². The second kappa shape index (κ2) is 9.13. The number of rotatable bonds is 8. The number of benzene rings is 2. The minimum absolute atomic E-state index is 0.280. The lowest BCUT2D eigenvalue weighted by Gasteiger charge is -2.19. The minimum Gasteiger partial charge on any atom is -0.479 e. The molecule has 0 aliphatic carbocycles. The van der Waals surface area contributed by atoms with Crippen molar-refractivity contribution in [1.82, 2.24) is 5.32 Å². The van der Waals surface area contributed by atoms with E-state index in [1.807, 2.05) is 30.3 Å². The van der Waals surface area contributed by atoms with E-state index in [0.717, 1.165) is 12.0 Å². The molecule has 0 spiro atoms. The van der Waals surface area contributed by atoms with Gasteiger partial charge < -0.3 is 10.4 Å². The van der Waals surface area contributed by atoms with Gasteiger partial charge in [0, 0.05) is 11.7 Å². The Bertz CT molecular complexity index is 661. The number of carbonyl (C=O) groups is 2. The van der Waals surface area contributed by atoms with E-state index in [0.29, 0.717) is 17.7 Å². The summed E-state index contributed by atoms with van der Waals surface area (Å²) in [6.45, 7) is 0. The van der Waals surface area contributed by atoms with Gasteiger partial charge in [0.15, 0.2) is 6.04 Å². The van der Waals surface area contributed by atoms with Gasteiger partial charge in [-0.2, -0.15) is 12.6 Å². The van der Waals surface area contributed by atoms with Crippen LogP contribution in [-0.4, -0.2) is 22.7 Å². The van der Waals surface area contributed by atoms with E-state index in [1.165, 1.54) is 0 Å². The molecular weight excluding hydrogens is 322 g/mol. The SMILES string of the molecule is O=C(N[C@@H](C(=O)O)c1ccccc1)[C@H](CS)CCc1ccccc1. The molecule has 0 bridgehead atoms. The summed E-state index contributed by atoms with van der Waals surface area (Å²) in [5, 5.41) is 12.0. The van der Waals surface area contributed by atoms with E-state index in [4.69, 9.17) is 0 Å². The maximum Gasteiger partial charge on any atom is 0.330 e. The first kappa shape index (κ1) is 18.1. The number of aryl methyl sites for hydroxylation is 1. The lowest BCUT2D eigenvalue weighted by Crippen LogP contribution is -2.38. The van der Waals surface area contributed by atoms with Gasteiger partial charge in [0.2, 0.25) is 5.91 Å². The van der Waals surface area contributed by atoms with Crippen LogP contribution >= 0.6 is 12.6 Å². The number of carboxylic acid groups (broad SMARTS) is 1. The fraction of sp³-hybridized carbons (Fsp3) is 0.263. The van der Waals surface area contributed by atoms with Crippen molar-refractivity contribution in [3.63, 3.8) is 0 Å². The van der Waals surface area contributed by atoms with Crippen LogP contribution in [0.15, 0.2) is 60.7 Å². The Balaban J connectivity index is 2.00. The number of amides is 1. The molecule has 0 saturated carbocycles. The number of hydrogen-bond acceptors (Lipinski definition) is 3. The van der Waals surface area contributed by atoms with E-state index in [9.17, 15) is 14.7 Å². The topological polar surface area (TPSA) is 66.4 Å². The highest BCUT2D eigenvalue weighted by molar-refractivity contribution is 7.80. The van der Waals surface area contributed by atoms with Crippen LogP contribution in [0.25, 0.3) is 0 Å². The molecule has 5 heteroatoms. The van der Waals surface area contributed by atoms with Crippen molar-refractivity contribution in [3.8, 4) is 0 Å². The zero-order valence-corrected chi connectivity index (χ0v) is 14.2. The van der Waals surface area contributed by atoms with Crippen LogP contribution in [0.1, 0.15) is 23.6 Å². The monoisotopic (exact) mass is 343 g/mol. The quantitative estimate of drug-likeness (QED) is 0.645. The lowest BCUT2D eigenvalue weighted by molar-refractivity contribution is -0.142. The van der Waals surface area contributed by atoms with E-state index in [-0.39, 0.29) is 11.8 Å². The van der Waals surface area contributed by atoms with Crippen molar-refractivity contribution in [2.75, 3.05) is 5.75 Å². The molecule has 2 aromatic rings. The Morgan fingerprint density at radius 3 is 2.12 bits per heavy atom. The van der Waals surface area contributed by atoms with Gasteiger partial charge >= 0.3 is 5.97 Å². The van der Waals surface area contributed by atoms with Crippen molar-refractivity contribution < 1.29 is 14.7 Å². The maximum atomic E-state index is 12.5. The van der Waals surface area contributed by atoms with Crippen LogP contribution in [0.4, 0.5) is 0 Å². The number of carboxylic acids is 1. The summed E-state index contributed by atoms with van der Waals surface area (Å²) in [7, 11) is 0. The third kappa shape index (κ3) is 5.13. The van der Waals surface area contributed by atoms with E-state index in [2.05, 4.69) is 17.9 Å². The fourth-order valence-corrected chi connectivity index (χ4v) is 2.83. The van der Waals surface area contributed by atoms with Crippen LogP contribution in [0.5, 0.6) is 0 Å². The molecule has 0 aliphatic heterocycles. The molecule has 4 nitrogen and oxygen atoms in total. The molecule has 126 valence electrons. The summed E-state index contributed by atoms with van der Waals surface area (Å²) in [5.74, 6) is -1.31. The summed E-state index contributed by atoms with van der Waals surface area (Å²) in [6, 6.07) is 17.5. The van der Waals surface area contributed by atoms with Crippen molar-refractivity contribution >= 4 is 24.5 Å². The molecule has 2 N–H and O–H groups in total. The number of thiol groups is 1. The molecular formula is C19H21NO3S. The van der Waals surface area contributed by atoms with Crippen molar-refractivity contribution in [1.29, 1.82) is 0 Å². The zero-order chi connectivity index (χ0) is 17.4. The first-order chi connectivity index (χ1) is 11.6. The average molecular weight is 343 g/mol. The Morgan fingerprint density at radius 1 is 1.00 bits per heavy atom. The molecule has 0 aromatic heterocycles. The van der Waals surface area contributed by atoms with Crippen LogP contribution in [0.3, 0.4) is 0 Å². The highest BCUT2D eigenvalue weighted by Gasteiger charge is 2.25. The van der Waals surface area contributed by atoms with Crippen molar-refractivity contribution in [2.24, 2.45) is 5.92 Å². The summed E-state index contributed by atoms with van der Waals surface area (Å²) in [4.78, 5) is 24.0. The molecule has 0 radical (unpaired) electrons. The summed E-state index contributed by atoms with van der Waals surface area (Å²) < 4.78 is 0. The average Bonchev–Trinajstić information content (AvgIpc) is 2.61. The van der Waals surface area contributed by atoms with Crippen LogP contribution < -0.4 is 5.32 Å². The number of carbonyl (C=O) groups excluding carboxylic acids is 1. The largest absolute Gasteiger partial charge is 0.479 e. The predicted molar refractivity (Wildman–Crippen MR) is 97.1 cm³/mol. The van der Waals surface area contributed by atoms with E-state index < -0.39 is 12.0 Å². The van der Waals surface area contributed by atoms with Gasteiger partial charge in [-0.3, -0.25) is 4.79 Å². The van der Waals surface area contributed by atoms with Crippen molar-refractivity contribution in [2.45, 2.75) is 18.9 Å². The third-order valence-corrected chi connectivity index (χ3v) is 4.32. The van der Waals surface area contributed by atoms with Gasteiger partial charge in [0.1, 0.15) is 0 Å². The van der Waals surface area contributed by atoms with Gasteiger partial charge in [0.05, 0.1) is 0 Å². The molecule has 24 heavy (non-hydrogen) atoms. The molecule has 0 aliphatic rings. The van der Waals surface area contributed by atoms with Crippen LogP contribution in [0.2, 0.25) is 0 Å². The Morgan fingerprint density at radius 2 is 1.58 bits per heavy atom.